The number of rotatable bonds is 5. The second kappa shape index (κ2) is 6.26. The first-order valence-electron chi connectivity index (χ1n) is 6.92. The lowest BCUT2D eigenvalue weighted by Gasteiger charge is -2.10. The van der Waals surface area contributed by atoms with Gasteiger partial charge in [0.1, 0.15) is 5.02 Å². The van der Waals surface area contributed by atoms with Gasteiger partial charge in [-0.05, 0) is 25.3 Å². The molecule has 0 fully saturated rings. The van der Waals surface area contributed by atoms with Crippen molar-refractivity contribution in [3.05, 3.63) is 45.4 Å². The van der Waals surface area contributed by atoms with Crippen LogP contribution in [-0.2, 0) is 13.0 Å². The van der Waals surface area contributed by atoms with Gasteiger partial charge in [0.15, 0.2) is 0 Å². The molecule has 0 aliphatic rings. The maximum atomic E-state index is 11.1. The number of hydrogen-bond acceptors (Lipinski definition) is 3. The van der Waals surface area contributed by atoms with E-state index >= 15 is 0 Å². The topological polar surface area (TPSA) is 61.0 Å². The van der Waals surface area contributed by atoms with Crippen molar-refractivity contribution in [1.29, 1.82) is 0 Å². The fraction of sp³-hybridized carbons (Fsp3) is 0.400. The van der Waals surface area contributed by atoms with E-state index in [1.54, 1.807) is 12.4 Å². The third-order valence-corrected chi connectivity index (χ3v) is 3.59. The number of hydrogen-bond donors (Lipinski definition) is 0. The van der Waals surface area contributed by atoms with Crippen molar-refractivity contribution < 1.29 is 4.92 Å². The third kappa shape index (κ3) is 3.24. The number of aryl methyl sites for hydroxylation is 1. The van der Waals surface area contributed by atoms with Gasteiger partial charge in [-0.3, -0.25) is 10.1 Å². The van der Waals surface area contributed by atoms with Crippen molar-refractivity contribution in [3.63, 3.8) is 0 Å². The Labute approximate surface area is 128 Å². The normalized spacial score (nSPS) is 11.1. The number of nitro benzene ring substituents is 1. The zero-order chi connectivity index (χ0) is 15.6. The van der Waals surface area contributed by atoms with Crippen molar-refractivity contribution in [3.8, 4) is 11.3 Å². The number of imidazole rings is 1. The molecule has 0 bridgehead atoms. The molecule has 0 saturated carbocycles. The molecule has 0 atom stereocenters. The van der Waals surface area contributed by atoms with E-state index in [9.17, 15) is 10.1 Å². The van der Waals surface area contributed by atoms with E-state index in [1.165, 1.54) is 6.07 Å². The van der Waals surface area contributed by atoms with Gasteiger partial charge in [0.2, 0.25) is 0 Å². The van der Waals surface area contributed by atoms with Crippen LogP contribution in [0.5, 0.6) is 0 Å². The molecule has 2 rings (SSSR count). The molecule has 1 aromatic heterocycles. The minimum atomic E-state index is -0.458. The monoisotopic (exact) mass is 307 g/mol. The van der Waals surface area contributed by atoms with Crippen LogP contribution in [0.2, 0.25) is 5.02 Å². The van der Waals surface area contributed by atoms with E-state index in [4.69, 9.17) is 11.6 Å². The number of nitrogens with zero attached hydrogens (tertiary/aromatic N) is 3. The van der Waals surface area contributed by atoms with Gasteiger partial charge < -0.3 is 4.57 Å². The van der Waals surface area contributed by atoms with Gasteiger partial charge in [-0.2, -0.15) is 0 Å². The Hall–Kier alpha value is -1.88. The standard InChI is InChI=1S/C15H18ClN3O2/c1-4-18-9-17-13(7-10(2)3)15(18)11-5-6-12(16)14(8-11)19(20)21/h5-6,8-10H,4,7H2,1-3H3. The molecule has 2 aromatic rings. The Morgan fingerprint density at radius 1 is 1.43 bits per heavy atom. The summed E-state index contributed by atoms with van der Waals surface area (Å²) < 4.78 is 2.00. The summed E-state index contributed by atoms with van der Waals surface area (Å²) in [7, 11) is 0. The lowest BCUT2D eigenvalue weighted by atomic mass is 10.0. The second-order valence-corrected chi connectivity index (χ2v) is 5.75. The number of benzene rings is 1. The van der Waals surface area contributed by atoms with Gasteiger partial charge in [0.25, 0.3) is 5.69 Å². The first-order valence-corrected chi connectivity index (χ1v) is 7.30. The summed E-state index contributed by atoms with van der Waals surface area (Å²) in [6.07, 6.45) is 2.62. The van der Waals surface area contributed by atoms with Crippen LogP contribution in [0.4, 0.5) is 5.69 Å². The van der Waals surface area contributed by atoms with E-state index in [1.807, 2.05) is 17.6 Å². The van der Waals surface area contributed by atoms with E-state index < -0.39 is 4.92 Å². The predicted molar refractivity (Wildman–Crippen MR) is 83.5 cm³/mol. The smallest absolute Gasteiger partial charge is 0.288 e. The molecule has 21 heavy (non-hydrogen) atoms. The van der Waals surface area contributed by atoms with Crippen LogP contribution in [0.15, 0.2) is 24.5 Å². The molecular formula is C15H18ClN3O2. The molecule has 0 unspecified atom stereocenters. The summed E-state index contributed by atoms with van der Waals surface area (Å²) in [6, 6.07) is 4.90. The number of nitro groups is 1. The minimum Gasteiger partial charge on any atom is -0.331 e. The molecule has 0 amide bonds. The van der Waals surface area contributed by atoms with E-state index in [0.717, 1.165) is 29.9 Å². The molecule has 0 spiro atoms. The SMILES string of the molecule is CCn1cnc(CC(C)C)c1-c1ccc(Cl)c([N+](=O)[O-])c1. The van der Waals surface area contributed by atoms with E-state index in [2.05, 4.69) is 18.8 Å². The van der Waals surface area contributed by atoms with E-state index in [-0.39, 0.29) is 10.7 Å². The van der Waals surface area contributed by atoms with Gasteiger partial charge in [-0.1, -0.05) is 31.5 Å². The molecule has 5 nitrogen and oxygen atoms in total. The Morgan fingerprint density at radius 3 is 2.71 bits per heavy atom. The van der Waals surface area contributed by atoms with Crippen LogP contribution in [0.3, 0.4) is 0 Å². The Balaban J connectivity index is 2.57. The van der Waals surface area contributed by atoms with Crippen LogP contribution in [0, 0.1) is 16.0 Å². The fourth-order valence-corrected chi connectivity index (χ4v) is 2.52. The lowest BCUT2D eigenvalue weighted by molar-refractivity contribution is -0.384. The molecule has 0 aliphatic heterocycles. The molecule has 6 heteroatoms. The van der Waals surface area contributed by atoms with Crippen LogP contribution in [0.25, 0.3) is 11.3 Å². The molecule has 1 heterocycles. The zero-order valence-electron chi connectivity index (χ0n) is 12.3. The third-order valence-electron chi connectivity index (χ3n) is 3.27. The first-order chi connectivity index (χ1) is 9.93. The van der Waals surface area contributed by atoms with Crippen molar-refractivity contribution in [2.45, 2.75) is 33.7 Å². The van der Waals surface area contributed by atoms with Gasteiger partial charge in [-0.25, -0.2) is 4.98 Å². The van der Waals surface area contributed by atoms with Crippen LogP contribution in [-0.4, -0.2) is 14.5 Å². The van der Waals surface area contributed by atoms with Crippen LogP contribution >= 0.6 is 11.6 Å². The summed E-state index contributed by atoms with van der Waals surface area (Å²) >= 11 is 5.89. The Bertz CT molecular complexity index is 665. The zero-order valence-corrected chi connectivity index (χ0v) is 13.1. The predicted octanol–water partition coefficient (Wildman–Crippen LogP) is 4.33. The second-order valence-electron chi connectivity index (χ2n) is 5.35. The largest absolute Gasteiger partial charge is 0.331 e. The molecule has 1 aromatic carbocycles. The highest BCUT2D eigenvalue weighted by Gasteiger charge is 2.18. The highest BCUT2D eigenvalue weighted by molar-refractivity contribution is 6.32. The number of halogens is 1. The molecule has 0 radical (unpaired) electrons. The van der Waals surface area contributed by atoms with Crippen molar-refractivity contribution in [2.24, 2.45) is 5.92 Å². The fourth-order valence-electron chi connectivity index (χ4n) is 2.33. The highest BCUT2D eigenvalue weighted by Crippen LogP contribution is 2.32. The van der Waals surface area contributed by atoms with Crippen molar-refractivity contribution >= 4 is 17.3 Å². The van der Waals surface area contributed by atoms with Crippen molar-refractivity contribution in [2.75, 3.05) is 0 Å². The molecule has 0 N–H and O–H groups in total. The quantitative estimate of drug-likeness (QED) is 0.610. The summed E-state index contributed by atoms with van der Waals surface area (Å²) in [5.41, 5.74) is 2.60. The molecule has 0 aliphatic carbocycles. The Kier molecular flexibility index (Phi) is 4.63. The summed E-state index contributed by atoms with van der Waals surface area (Å²) in [6.45, 7) is 7.03. The number of aromatic nitrogens is 2. The molecule has 112 valence electrons. The van der Waals surface area contributed by atoms with Crippen molar-refractivity contribution in [1.82, 2.24) is 9.55 Å². The average Bonchev–Trinajstić information content (AvgIpc) is 2.81. The summed E-state index contributed by atoms with van der Waals surface area (Å²) in [5.74, 6) is 0.464. The van der Waals surface area contributed by atoms with Crippen LogP contribution in [0.1, 0.15) is 26.5 Å². The lowest BCUT2D eigenvalue weighted by Crippen LogP contribution is -2.01. The van der Waals surface area contributed by atoms with E-state index in [0.29, 0.717) is 5.92 Å². The summed E-state index contributed by atoms with van der Waals surface area (Å²) in [5, 5.41) is 11.2. The van der Waals surface area contributed by atoms with Gasteiger partial charge in [-0.15, -0.1) is 0 Å². The maximum Gasteiger partial charge on any atom is 0.288 e. The average molecular weight is 308 g/mol. The molecule has 0 saturated heterocycles. The van der Waals surface area contributed by atoms with Gasteiger partial charge in [0.05, 0.1) is 22.6 Å². The minimum absolute atomic E-state index is 0.0754. The highest BCUT2D eigenvalue weighted by atomic mass is 35.5. The Morgan fingerprint density at radius 2 is 2.14 bits per heavy atom. The summed E-state index contributed by atoms with van der Waals surface area (Å²) in [4.78, 5) is 15.1. The first kappa shape index (κ1) is 15.5. The maximum absolute atomic E-state index is 11.1. The van der Waals surface area contributed by atoms with Crippen LogP contribution < -0.4 is 0 Å². The van der Waals surface area contributed by atoms with Gasteiger partial charge in [0, 0.05) is 18.2 Å². The van der Waals surface area contributed by atoms with Gasteiger partial charge >= 0.3 is 0 Å². The molecular weight excluding hydrogens is 290 g/mol.